The van der Waals surface area contributed by atoms with Crippen molar-refractivity contribution in [3.05, 3.63) is 35.4 Å². The van der Waals surface area contributed by atoms with Gasteiger partial charge in [-0.2, -0.15) is 0 Å². The first kappa shape index (κ1) is 12.1. The molecule has 92 valence electrons. The summed E-state index contributed by atoms with van der Waals surface area (Å²) >= 11 is 0. The van der Waals surface area contributed by atoms with E-state index in [1.807, 2.05) is 36.1 Å². The van der Waals surface area contributed by atoms with Crippen LogP contribution in [0.3, 0.4) is 0 Å². The zero-order valence-electron chi connectivity index (χ0n) is 10.4. The first-order valence-corrected chi connectivity index (χ1v) is 6.26. The molecule has 1 fully saturated rings. The fourth-order valence-electron chi connectivity index (χ4n) is 2.40. The van der Waals surface area contributed by atoms with Crippen molar-refractivity contribution in [2.24, 2.45) is 11.7 Å². The average Bonchev–Trinajstić information content (AvgIpc) is 2.38. The monoisotopic (exact) mass is 232 g/mol. The number of aryl methyl sites for hydroxylation is 1. The second-order valence-electron chi connectivity index (χ2n) is 4.86. The number of likely N-dealkylation sites (tertiary alicyclic amines) is 1. The fourth-order valence-corrected chi connectivity index (χ4v) is 2.40. The molecule has 0 aromatic heterocycles. The second kappa shape index (κ2) is 5.32. The number of benzene rings is 1. The molecule has 1 amide bonds. The number of rotatable bonds is 2. The molecule has 17 heavy (non-hydrogen) atoms. The molecule has 3 nitrogen and oxygen atoms in total. The standard InChI is InChI=1S/C14H20N2O/c1-11-4-2-6-13(8-11)14(17)16-7-3-5-12(9-15)10-16/h2,4,6,8,12H,3,5,7,9-10,15H2,1H3. The van der Waals surface area contributed by atoms with Crippen molar-refractivity contribution in [2.45, 2.75) is 19.8 Å². The Kier molecular flexibility index (Phi) is 3.79. The van der Waals surface area contributed by atoms with Gasteiger partial charge in [0.05, 0.1) is 0 Å². The van der Waals surface area contributed by atoms with Gasteiger partial charge in [0.1, 0.15) is 0 Å². The molecule has 1 saturated heterocycles. The number of amides is 1. The molecule has 1 aromatic carbocycles. The van der Waals surface area contributed by atoms with E-state index in [4.69, 9.17) is 5.73 Å². The molecule has 2 rings (SSSR count). The van der Waals surface area contributed by atoms with Crippen molar-refractivity contribution in [2.75, 3.05) is 19.6 Å². The quantitative estimate of drug-likeness (QED) is 0.845. The summed E-state index contributed by atoms with van der Waals surface area (Å²) in [4.78, 5) is 14.2. The maximum absolute atomic E-state index is 12.3. The van der Waals surface area contributed by atoms with Crippen LogP contribution >= 0.6 is 0 Å². The minimum atomic E-state index is 0.145. The highest BCUT2D eigenvalue weighted by Crippen LogP contribution is 2.18. The van der Waals surface area contributed by atoms with Gasteiger partial charge in [0, 0.05) is 18.7 Å². The van der Waals surface area contributed by atoms with E-state index < -0.39 is 0 Å². The molecular weight excluding hydrogens is 212 g/mol. The third-order valence-corrected chi connectivity index (χ3v) is 3.40. The molecule has 3 heteroatoms. The highest BCUT2D eigenvalue weighted by atomic mass is 16.2. The van der Waals surface area contributed by atoms with E-state index in [2.05, 4.69) is 0 Å². The maximum atomic E-state index is 12.3. The Labute approximate surface area is 103 Å². The Bertz CT molecular complexity index is 403. The van der Waals surface area contributed by atoms with Crippen LogP contribution in [0.25, 0.3) is 0 Å². The van der Waals surface area contributed by atoms with Crippen LogP contribution in [0, 0.1) is 12.8 Å². The third kappa shape index (κ3) is 2.86. The van der Waals surface area contributed by atoms with Gasteiger partial charge in [-0.3, -0.25) is 4.79 Å². The molecule has 0 bridgehead atoms. The molecule has 1 aromatic rings. The van der Waals surface area contributed by atoms with Crippen molar-refractivity contribution in [1.82, 2.24) is 4.90 Å². The number of hydrogen-bond acceptors (Lipinski definition) is 2. The first-order valence-electron chi connectivity index (χ1n) is 6.26. The molecule has 1 aliphatic heterocycles. The first-order chi connectivity index (χ1) is 8.20. The number of piperidine rings is 1. The molecular formula is C14H20N2O. The Hall–Kier alpha value is -1.35. The SMILES string of the molecule is Cc1cccc(C(=O)N2CCCC(CN)C2)c1. The van der Waals surface area contributed by atoms with Crippen molar-refractivity contribution < 1.29 is 4.79 Å². The number of hydrogen-bond donors (Lipinski definition) is 1. The summed E-state index contributed by atoms with van der Waals surface area (Å²) in [5.41, 5.74) is 7.61. The van der Waals surface area contributed by atoms with Gasteiger partial charge >= 0.3 is 0 Å². The topological polar surface area (TPSA) is 46.3 Å². The predicted octanol–water partition coefficient (Wildman–Crippen LogP) is 1.81. The molecule has 0 saturated carbocycles. The summed E-state index contributed by atoms with van der Waals surface area (Å²) in [6.07, 6.45) is 2.22. The van der Waals surface area contributed by atoms with Crippen LogP contribution in [0.1, 0.15) is 28.8 Å². The summed E-state index contributed by atoms with van der Waals surface area (Å²) in [5.74, 6) is 0.615. The van der Waals surface area contributed by atoms with Gasteiger partial charge < -0.3 is 10.6 Å². The van der Waals surface area contributed by atoms with E-state index in [0.29, 0.717) is 12.5 Å². The van der Waals surface area contributed by atoms with Crippen molar-refractivity contribution in [3.63, 3.8) is 0 Å². The van der Waals surface area contributed by atoms with Gasteiger partial charge in [-0.05, 0) is 44.4 Å². The molecule has 0 radical (unpaired) electrons. The molecule has 1 unspecified atom stereocenters. The average molecular weight is 232 g/mol. The van der Waals surface area contributed by atoms with Gasteiger partial charge in [0.25, 0.3) is 5.91 Å². The van der Waals surface area contributed by atoms with Crippen LogP contribution in [0.4, 0.5) is 0 Å². The lowest BCUT2D eigenvalue weighted by Gasteiger charge is -2.32. The lowest BCUT2D eigenvalue weighted by molar-refractivity contribution is 0.0678. The summed E-state index contributed by atoms with van der Waals surface area (Å²) < 4.78 is 0. The van der Waals surface area contributed by atoms with E-state index in [-0.39, 0.29) is 5.91 Å². The summed E-state index contributed by atoms with van der Waals surface area (Å²) in [6, 6.07) is 7.79. The molecule has 1 aliphatic rings. The highest BCUT2D eigenvalue weighted by Gasteiger charge is 2.23. The van der Waals surface area contributed by atoms with Gasteiger partial charge in [-0.25, -0.2) is 0 Å². The normalized spacial score (nSPS) is 20.4. The van der Waals surface area contributed by atoms with Gasteiger partial charge in [0.15, 0.2) is 0 Å². The van der Waals surface area contributed by atoms with E-state index in [9.17, 15) is 4.79 Å². The molecule has 0 aliphatic carbocycles. The Morgan fingerprint density at radius 2 is 2.35 bits per heavy atom. The lowest BCUT2D eigenvalue weighted by Crippen LogP contribution is -2.42. The fraction of sp³-hybridized carbons (Fsp3) is 0.500. The molecule has 1 atom stereocenters. The minimum Gasteiger partial charge on any atom is -0.338 e. The summed E-state index contributed by atoms with van der Waals surface area (Å²) in [6.45, 7) is 4.36. The van der Waals surface area contributed by atoms with Crippen LogP contribution in [0.15, 0.2) is 24.3 Å². The smallest absolute Gasteiger partial charge is 0.253 e. The zero-order chi connectivity index (χ0) is 12.3. The van der Waals surface area contributed by atoms with Crippen molar-refractivity contribution in [3.8, 4) is 0 Å². The second-order valence-corrected chi connectivity index (χ2v) is 4.86. The van der Waals surface area contributed by atoms with Crippen molar-refractivity contribution in [1.29, 1.82) is 0 Å². The Balaban J connectivity index is 2.09. The minimum absolute atomic E-state index is 0.145. The summed E-state index contributed by atoms with van der Waals surface area (Å²) in [5, 5.41) is 0. The third-order valence-electron chi connectivity index (χ3n) is 3.40. The van der Waals surface area contributed by atoms with E-state index in [1.165, 1.54) is 0 Å². The van der Waals surface area contributed by atoms with Crippen molar-refractivity contribution >= 4 is 5.91 Å². The summed E-state index contributed by atoms with van der Waals surface area (Å²) in [7, 11) is 0. The van der Waals surface area contributed by atoms with Gasteiger partial charge in [-0.1, -0.05) is 17.7 Å². The molecule has 0 spiro atoms. The maximum Gasteiger partial charge on any atom is 0.253 e. The highest BCUT2D eigenvalue weighted by molar-refractivity contribution is 5.94. The lowest BCUT2D eigenvalue weighted by atomic mass is 9.97. The predicted molar refractivity (Wildman–Crippen MR) is 68.9 cm³/mol. The Morgan fingerprint density at radius 3 is 3.06 bits per heavy atom. The number of carbonyl (C=O) groups excluding carboxylic acids is 1. The Morgan fingerprint density at radius 1 is 1.53 bits per heavy atom. The van der Waals surface area contributed by atoms with E-state index in [0.717, 1.165) is 37.1 Å². The largest absolute Gasteiger partial charge is 0.338 e. The van der Waals surface area contributed by atoms with Crippen LogP contribution in [0.2, 0.25) is 0 Å². The zero-order valence-corrected chi connectivity index (χ0v) is 10.4. The number of carbonyl (C=O) groups is 1. The van der Waals surface area contributed by atoms with Crippen LogP contribution in [-0.2, 0) is 0 Å². The van der Waals surface area contributed by atoms with Gasteiger partial charge in [0.2, 0.25) is 0 Å². The van der Waals surface area contributed by atoms with Crippen LogP contribution in [-0.4, -0.2) is 30.4 Å². The van der Waals surface area contributed by atoms with Crippen LogP contribution in [0.5, 0.6) is 0 Å². The van der Waals surface area contributed by atoms with E-state index >= 15 is 0 Å². The number of nitrogens with two attached hydrogens (primary N) is 1. The molecule has 1 heterocycles. The van der Waals surface area contributed by atoms with Gasteiger partial charge in [-0.15, -0.1) is 0 Å². The molecule has 2 N–H and O–H groups in total. The number of nitrogens with zero attached hydrogens (tertiary/aromatic N) is 1. The van der Waals surface area contributed by atoms with Crippen LogP contribution < -0.4 is 5.73 Å². The van der Waals surface area contributed by atoms with E-state index in [1.54, 1.807) is 0 Å².